The summed E-state index contributed by atoms with van der Waals surface area (Å²) in [5, 5.41) is 14.2. The average Bonchev–Trinajstić information content (AvgIpc) is 3.45. The fraction of sp³-hybridized carbons (Fsp3) is 0.200. The summed E-state index contributed by atoms with van der Waals surface area (Å²) in [6.07, 6.45) is 9.03. The predicted molar refractivity (Wildman–Crippen MR) is 157 cm³/mol. The van der Waals surface area contributed by atoms with E-state index in [0.717, 1.165) is 42.9 Å². The van der Waals surface area contributed by atoms with Gasteiger partial charge in [-0.3, -0.25) is 14.2 Å². The lowest BCUT2D eigenvalue weighted by Crippen LogP contribution is -2.33. The molecule has 1 aliphatic carbocycles. The van der Waals surface area contributed by atoms with Crippen molar-refractivity contribution < 1.29 is 9.18 Å². The molecule has 0 radical (unpaired) electrons. The minimum absolute atomic E-state index is 0.113. The van der Waals surface area contributed by atoms with Crippen LogP contribution in [0.3, 0.4) is 0 Å². The maximum Gasteiger partial charge on any atom is 0.278 e. The monoisotopic (exact) mass is 552 g/mol. The molecule has 11 heteroatoms. The van der Waals surface area contributed by atoms with E-state index in [1.54, 1.807) is 53.4 Å². The Labute approximate surface area is 235 Å². The minimum Gasteiger partial charge on any atom is -0.366 e. The van der Waals surface area contributed by atoms with Gasteiger partial charge in [0.25, 0.3) is 11.5 Å². The van der Waals surface area contributed by atoms with Crippen LogP contribution in [0.25, 0.3) is 11.3 Å². The quantitative estimate of drug-likeness (QED) is 0.230. The molecule has 0 bridgehead atoms. The Balaban J connectivity index is 1.16. The highest BCUT2D eigenvalue weighted by atomic mass is 19.1. The highest BCUT2D eigenvalue weighted by molar-refractivity contribution is 6.04. The Morgan fingerprint density at radius 2 is 1.71 bits per heavy atom. The number of amides is 1. The van der Waals surface area contributed by atoms with Crippen molar-refractivity contribution in [1.29, 1.82) is 0 Å². The second kappa shape index (κ2) is 11.2. The van der Waals surface area contributed by atoms with Crippen molar-refractivity contribution in [3.63, 3.8) is 0 Å². The van der Waals surface area contributed by atoms with Gasteiger partial charge in [-0.1, -0.05) is 0 Å². The van der Waals surface area contributed by atoms with E-state index in [-0.39, 0.29) is 11.7 Å². The van der Waals surface area contributed by atoms with Gasteiger partial charge in [-0.05, 0) is 86.3 Å². The molecule has 41 heavy (non-hydrogen) atoms. The summed E-state index contributed by atoms with van der Waals surface area (Å²) in [5.74, 6) is -0.0862. The Morgan fingerprint density at radius 1 is 0.951 bits per heavy atom. The molecule has 1 amide bonds. The van der Waals surface area contributed by atoms with Crippen molar-refractivity contribution in [3.8, 4) is 5.69 Å². The smallest absolute Gasteiger partial charge is 0.278 e. The summed E-state index contributed by atoms with van der Waals surface area (Å²) >= 11 is 0. The normalized spacial score (nSPS) is 16.8. The third-order valence-electron chi connectivity index (χ3n) is 7.21. The van der Waals surface area contributed by atoms with Gasteiger partial charge in [0.2, 0.25) is 0 Å². The summed E-state index contributed by atoms with van der Waals surface area (Å²) in [6.45, 7) is 0. The van der Waals surface area contributed by atoms with Crippen molar-refractivity contribution in [2.75, 3.05) is 16.0 Å². The highest BCUT2D eigenvalue weighted by Crippen LogP contribution is 2.26. The van der Waals surface area contributed by atoms with Crippen LogP contribution < -0.4 is 27.2 Å². The van der Waals surface area contributed by atoms with Gasteiger partial charge in [0, 0.05) is 53.7 Å². The van der Waals surface area contributed by atoms with E-state index in [0.29, 0.717) is 22.9 Å². The number of anilines is 4. The Kier molecular flexibility index (Phi) is 7.17. The number of aromatic nitrogens is 4. The Morgan fingerprint density at radius 3 is 2.46 bits per heavy atom. The van der Waals surface area contributed by atoms with Crippen molar-refractivity contribution in [1.82, 2.24) is 19.2 Å². The van der Waals surface area contributed by atoms with Gasteiger partial charge in [-0.2, -0.15) is 0 Å². The molecule has 0 unspecified atom stereocenters. The molecule has 0 aliphatic heterocycles. The molecule has 208 valence electrons. The number of carbonyl (C=O) groups excluding carboxylic acids is 1. The summed E-state index contributed by atoms with van der Waals surface area (Å²) in [5.41, 5.74) is 8.81. The molecule has 10 nitrogen and oxygen atoms in total. The maximum atomic E-state index is 13.3. The molecule has 0 atom stereocenters. The molecular formula is C30H29FN8O2. The number of hydrogen-bond acceptors (Lipinski definition) is 7. The van der Waals surface area contributed by atoms with Crippen LogP contribution in [-0.4, -0.2) is 37.2 Å². The van der Waals surface area contributed by atoms with Crippen LogP contribution in [0.1, 0.15) is 36.0 Å². The highest BCUT2D eigenvalue weighted by Gasteiger charge is 2.19. The molecule has 3 aromatic heterocycles. The van der Waals surface area contributed by atoms with E-state index >= 15 is 0 Å². The van der Waals surface area contributed by atoms with Crippen LogP contribution in [-0.2, 0) is 0 Å². The second-order valence-electron chi connectivity index (χ2n) is 10.1. The summed E-state index contributed by atoms with van der Waals surface area (Å²) < 4.78 is 16.4. The first-order valence-corrected chi connectivity index (χ1v) is 13.5. The molecule has 6 rings (SSSR count). The van der Waals surface area contributed by atoms with Crippen LogP contribution in [0.5, 0.6) is 0 Å². The zero-order valence-corrected chi connectivity index (χ0v) is 22.1. The standard InChI is InChI=1S/C30H29FN8O2/c31-20-5-13-24(14-6-20)38-16-1-2-25(30(38)41)36-29(40)19-3-9-22(10-4-19)34-26-18-27(37-39-17-15-33-28(26)39)35-23-11-7-21(32)8-12-23/h1-6,9-10,13-18,21,23,34H,7-8,11-12,32H2,(H,35,37)(H,36,40). The first-order valence-electron chi connectivity index (χ1n) is 13.5. The van der Waals surface area contributed by atoms with E-state index in [9.17, 15) is 14.0 Å². The zero-order valence-electron chi connectivity index (χ0n) is 22.1. The molecule has 0 spiro atoms. The second-order valence-corrected chi connectivity index (χ2v) is 10.1. The van der Waals surface area contributed by atoms with Gasteiger partial charge >= 0.3 is 0 Å². The number of nitrogens with two attached hydrogens (primary N) is 1. The number of nitrogens with zero attached hydrogens (tertiary/aromatic N) is 4. The molecular weight excluding hydrogens is 523 g/mol. The lowest BCUT2D eigenvalue weighted by atomic mass is 9.92. The zero-order chi connectivity index (χ0) is 28.3. The lowest BCUT2D eigenvalue weighted by molar-refractivity contribution is 0.102. The van der Waals surface area contributed by atoms with Crippen molar-refractivity contribution >= 4 is 34.4 Å². The van der Waals surface area contributed by atoms with Crippen molar-refractivity contribution in [2.24, 2.45) is 5.73 Å². The largest absolute Gasteiger partial charge is 0.366 e. The van der Waals surface area contributed by atoms with Gasteiger partial charge in [-0.15, -0.1) is 5.10 Å². The number of benzene rings is 2. The van der Waals surface area contributed by atoms with Crippen LogP contribution in [0.4, 0.5) is 27.3 Å². The predicted octanol–water partition coefficient (Wildman–Crippen LogP) is 4.70. The van der Waals surface area contributed by atoms with Crippen LogP contribution in [0.15, 0.2) is 90.1 Å². The molecule has 1 saturated carbocycles. The van der Waals surface area contributed by atoms with Crippen LogP contribution >= 0.6 is 0 Å². The van der Waals surface area contributed by atoms with E-state index in [1.165, 1.54) is 34.9 Å². The SMILES string of the molecule is NC1CCC(Nc2cc(Nc3ccc(C(=O)Nc4cccn(-c5ccc(F)cc5)c4=O)cc3)c3nccn3n2)CC1. The number of rotatable bonds is 7. The van der Waals surface area contributed by atoms with Crippen molar-refractivity contribution in [3.05, 3.63) is 107 Å². The molecule has 1 aliphatic rings. The Hall–Kier alpha value is -5.03. The van der Waals surface area contributed by atoms with Gasteiger partial charge in [0.1, 0.15) is 17.3 Å². The van der Waals surface area contributed by atoms with E-state index in [4.69, 9.17) is 5.73 Å². The number of imidazole rings is 1. The number of carbonyl (C=O) groups is 1. The molecule has 1 fully saturated rings. The van der Waals surface area contributed by atoms with Gasteiger partial charge in [0.15, 0.2) is 5.65 Å². The number of pyridine rings is 1. The molecule has 0 saturated heterocycles. The van der Waals surface area contributed by atoms with E-state index in [2.05, 4.69) is 26.0 Å². The van der Waals surface area contributed by atoms with Crippen LogP contribution in [0.2, 0.25) is 0 Å². The molecule has 5 N–H and O–H groups in total. The van der Waals surface area contributed by atoms with E-state index < -0.39 is 17.3 Å². The van der Waals surface area contributed by atoms with Gasteiger partial charge < -0.3 is 21.7 Å². The number of halogens is 1. The topological polar surface area (TPSA) is 131 Å². The number of fused-ring (bicyclic) bond motifs is 1. The first-order chi connectivity index (χ1) is 19.9. The van der Waals surface area contributed by atoms with Crippen LogP contribution in [0, 0.1) is 5.82 Å². The molecule has 5 aromatic rings. The Bertz CT molecular complexity index is 1740. The summed E-state index contributed by atoms with van der Waals surface area (Å²) in [6, 6.07) is 18.2. The average molecular weight is 553 g/mol. The maximum absolute atomic E-state index is 13.3. The fourth-order valence-electron chi connectivity index (χ4n) is 5.00. The molecule has 3 heterocycles. The first kappa shape index (κ1) is 26.2. The van der Waals surface area contributed by atoms with Gasteiger partial charge in [-0.25, -0.2) is 13.9 Å². The number of nitrogens with one attached hydrogen (secondary N) is 3. The summed E-state index contributed by atoms with van der Waals surface area (Å²) in [7, 11) is 0. The van der Waals surface area contributed by atoms with Gasteiger partial charge in [0.05, 0.1) is 5.69 Å². The minimum atomic E-state index is -0.427. The van der Waals surface area contributed by atoms with Crippen molar-refractivity contribution in [2.45, 2.75) is 37.8 Å². The third-order valence-corrected chi connectivity index (χ3v) is 7.21. The molecule has 2 aromatic carbocycles. The lowest BCUT2D eigenvalue weighted by Gasteiger charge is -2.27. The summed E-state index contributed by atoms with van der Waals surface area (Å²) in [4.78, 5) is 30.3. The van der Waals surface area contributed by atoms with E-state index in [1.807, 2.05) is 6.07 Å². The third kappa shape index (κ3) is 5.80. The number of hydrogen-bond donors (Lipinski definition) is 4. The fourth-order valence-corrected chi connectivity index (χ4v) is 5.00.